The van der Waals surface area contributed by atoms with E-state index in [1.54, 1.807) is 27.5 Å². The predicted octanol–water partition coefficient (Wildman–Crippen LogP) is 0.0228. The number of hydrogen-bond donors (Lipinski definition) is 0. The Labute approximate surface area is 134 Å². The van der Waals surface area contributed by atoms with Gasteiger partial charge in [0.25, 0.3) is 0 Å². The first-order valence-corrected chi connectivity index (χ1v) is 7.74. The Balaban J connectivity index is 1.71. The number of esters is 1. The molecule has 0 radical (unpaired) electrons. The van der Waals surface area contributed by atoms with Gasteiger partial charge in [-0.25, -0.2) is 4.79 Å². The van der Waals surface area contributed by atoms with Crippen molar-refractivity contribution in [3.63, 3.8) is 0 Å². The van der Waals surface area contributed by atoms with Crippen LogP contribution in [0.2, 0.25) is 0 Å². The highest BCUT2D eigenvalue weighted by Crippen LogP contribution is 2.19. The van der Waals surface area contributed by atoms with E-state index in [2.05, 4.69) is 9.84 Å². The number of rotatable bonds is 3. The molecule has 2 aliphatic heterocycles. The lowest BCUT2D eigenvalue weighted by atomic mass is 10.2. The molecule has 2 amide bonds. The van der Waals surface area contributed by atoms with Crippen LogP contribution in [0.4, 0.5) is 0 Å². The van der Waals surface area contributed by atoms with Gasteiger partial charge < -0.3 is 14.5 Å². The van der Waals surface area contributed by atoms with Gasteiger partial charge in [0.05, 0.1) is 25.9 Å². The lowest BCUT2D eigenvalue weighted by Gasteiger charge is -2.33. The second kappa shape index (κ2) is 6.02. The monoisotopic (exact) mass is 320 g/mol. The molecule has 1 saturated heterocycles. The van der Waals surface area contributed by atoms with Crippen molar-refractivity contribution in [2.24, 2.45) is 0 Å². The summed E-state index contributed by atoms with van der Waals surface area (Å²) in [5.74, 6) is -0.506. The molecule has 3 rings (SSSR count). The van der Waals surface area contributed by atoms with Crippen LogP contribution in [0.15, 0.2) is 6.07 Å². The van der Waals surface area contributed by atoms with Crippen LogP contribution < -0.4 is 0 Å². The molecule has 1 unspecified atom stereocenters. The Morgan fingerprint density at radius 2 is 2.09 bits per heavy atom. The molecule has 0 N–H and O–H groups in total. The highest BCUT2D eigenvalue weighted by Gasteiger charge is 2.33. The summed E-state index contributed by atoms with van der Waals surface area (Å²) >= 11 is 0. The molecule has 0 aliphatic carbocycles. The van der Waals surface area contributed by atoms with Crippen LogP contribution in [0.1, 0.15) is 35.9 Å². The van der Waals surface area contributed by atoms with Crippen LogP contribution >= 0.6 is 0 Å². The van der Waals surface area contributed by atoms with E-state index in [0.717, 1.165) is 12.1 Å². The van der Waals surface area contributed by atoms with E-state index in [0.29, 0.717) is 32.6 Å². The quantitative estimate of drug-likeness (QED) is 0.733. The van der Waals surface area contributed by atoms with Crippen LogP contribution in [0, 0.1) is 0 Å². The van der Waals surface area contributed by atoms with Crippen molar-refractivity contribution >= 4 is 17.8 Å². The van der Waals surface area contributed by atoms with Crippen LogP contribution in [0.3, 0.4) is 0 Å². The van der Waals surface area contributed by atoms with Crippen LogP contribution in [-0.2, 0) is 27.4 Å². The zero-order valence-corrected chi connectivity index (χ0v) is 13.3. The third-order valence-electron chi connectivity index (χ3n) is 4.44. The van der Waals surface area contributed by atoms with Crippen LogP contribution in [0.25, 0.3) is 0 Å². The van der Waals surface area contributed by atoms with E-state index in [9.17, 15) is 14.4 Å². The number of amides is 2. The van der Waals surface area contributed by atoms with Gasteiger partial charge in [0, 0.05) is 19.5 Å². The lowest BCUT2D eigenvalue weighted by molar-refractivity contribution is -0.143. The third-order valence-corrected chi connectivity index (χ3v) is 4.44. The number of carbonyl (C=O) groups excluding carboxylic acids is 3. The van der Waals surface area contributed by atoms with E-state index < -0.39 is 12.0 Å². The Hall–Kier alpha value is -2.38. The first-order chi connectivity index (χ1) is 11.0. The molecule has 0 spiro atoms. The van der Waals surface area contributed by atoms with Crippen molar-refractivity contribution in [3.8, 4) is 0 Å². The summed E-state index contributed by atoms with van der Waals surface area (Å²) in [6.45, 7) is 3.84. The Bertz CT molecular complexity index is 654. The second-order valence-electron chi connectivity index (χ2n) is 5.86. The molecule has 8 heteroatoms. The fourth-order valence-corrected chi connectivity index (χ4v) is 3.13. The van der Waals surface area contributed by atoms with Crippen molar-refractivity contribution in [1.29, 1.82) is 0 Å². The summed E-state index contributed by atoms with van der Waals surface area (Å²) in [6.07, 6.45) is 1.33. The molecule has 1 atom stereocenters. The van der Waals surface area contributed by atoms with Gasteiger partial charge in [0.15, 0.2) is 5.69 Å². The lowest BCUT2D eigenvalue weighted by Crippen LogP contribution is -2.49. The molecular weight excluding hydrogens is 300 g/mol. The molecule has 0 aromatic carbocycles. The van der Waals surface area contributed by atoms with Gasteiger partial charge in [0.2, 0.25) is 11.8 Å². The van der Waals surface area contributed by atoms with Crippen molar-refractivity contribution in [2.45, 2.75) is 38.9 Å². The van der Waals surface area contributed by atoms with Crippen LogP contribution in [-0.4, -0.2) is 63.6 Å². The number of methoxy groups -OCH3 is 1. The fourth-order valence-electron chi connectivity index (χ4n) is 3.13. The van der Waals surface area contributed by atoms with Gasteiger partial charge in [-0.3, -0.25) is 14.3 Å². The molecule has 0 saturated carbocycles. The Kier molecular flexibility index (Phi) is 4.06. The van der Waals surface area contributed by atoms with Crippen molar-refractivity contribution < 1.29 is 19.1 Å². The highest BCUT2D eigenvalue weighted by atomic mass is 16.5. The molecule has 23 heavy (non-hydrogen) atoms. The maximum Gasteiger partial charge on any atom is 0.358 e. The Morgan fingerprint density at radius 1 is 1.30 bits per heavy atom. The number of ether oxygens (including phenoxy) is 1. The number of hydrogen-bond acceptors (Lipinski definition) is 5. The van der Waals surface area contributed by atoms with Crippen molar-refractivity contribution in [1.82, 2.24) is 19.6 Å². The first kappa shape index (κ1) is 15.5. The smallest absolute Gasteiger partial charge is 0.358 e. The van der Waals surface area contributed by atoms with Crippen molar-refractivity contribution in [3.05, 3.63) is 17.5 Å². The van der Waals surface area contributed by atoms with E-state index >= 15 is 0 Å². The fraction of sp³-hybridized carbons (Fsp3) is 0.600. The number of likely N-dealkylation sites (tertiary alicyclic amines) is 1. The van der Waals surface area contributed by atoms with Gasteiger partial charge in [-0.05, 0) is 19.4 Å². The predicted molar refractivity (Wildman–Crippen MR) is 79.4 cm³/mol. The summed E-state index contributed by atoms with van der Waals surface area (Å²) in [4.78, 5) is 39.4. The molecular formula is C15H20N4O4. The van der Waals surface area contributed by atoms with Gasteiger partial charge in [-0.15, -0.1) is 0 Å². The summed E-state index contributed by atoms with van der Waals surface area (Å²) in [5, 5.41) is 4.19. The molecule has 8 nitrogen and oxygen atoms in total. The molecule has 1 aromatic rings. The SMILES string of the molecule is COC(=O)c1cc2n(n1)CCN(C(=O)C(C)N1CCCC1=O)C2. The molecule has 124 valence electrons. The summed E-state index contributed by atoms with van der Waals surface area (Å²) < 4.78 is 6.39. The first-order valence-electron chi connectivity index (χ1n) is 7.74. The highest BCUT2D eigenvalue weighted by molar-refractivity contribution is 5.89. The number of carbonyl (C=O) groups is 3. The van der Waals surface area contributed by atoms with Crippen LogP contribution in [0.5, 0.6) is 0 Å². The topological polar surface area (TPSA) is 84.7 Å². The Morgan fingerprint density at radius 3 is 2.74 bits per heavy atom. The normalized spacial score (nSPS) is 18.8. The number of aromatic nitrogens is 2. The van der Waals surface area contributed by atoms with E-state index in [-0.39, 0.29) is 17.5 Å². The molecule has 3 heterocycles. The van der Waals surface area contributed by atoms with E-state index in [1.165, 1.54) is 7.11 Å². The minimum absolute atomic E-state index is 0.0425. The minimum Gasteiger partial charge on any atom is -0.464 e. The molecule has 1 fully saturated rings. The molecule has 0 bridgehead atoms. The minimum atomic E-state index is -0.485. The average molecular weight is 320 g/mol. The number of fused-ring (bicyclic) bond motifs is 1. The molecule has 2 aliphatic rings. The van der Waals surface area contributed by atoms with Gasteiger partial charge in [-0.1, -0.05) is 0 Å². The standard InChI is InChI=1S/C15H20N4O4/c1-10(18-5-3-4-13(18)20)14(21)17-6-7-19-11(9-17)8-12(16-19)15(22)23-2/h8,10H,3-7,9H2,1-2H3. The van der Waals surface area contributed by atoms with E-state index in [4.69, 9.17) is 0 Å². The van der Waals surface area contributed by atoms with Gasteiger partial charge >= 0.3 is 5.97 Å². The largest absolute Gasteiger partial charge is 0.464 e. The zero-order chi connectivity index (χ0) is 16.6. The second-order valence-corrected chi connectivity index (χ2v) is 5.86. The number of nitrogens with zero attached hydrogens (tertiary/aromatic N) is 4. The summed E-state index contributed by atoms with van der Waals surface area (Å²) in [7, 11) is 1.31. The summed E-state index contributed by atoms with van der Waals surface area (Å²) in [6, 6.07) is 1.20. The maximum absolute atomic E-state index is 12.6. The summed E-state index contributed by atoms with van der Waals surface area (Å²) in [5.41, 5.74) is 1.05. The molecule has 1 aromatic heterocycles. The average Bonchev–Trinajstić information content (AvgIpc) is 3.17. The van der Waals surface area contributed by atoms with Gasteiger partial charge in [0.1, 0.15) is 6.04 Å². The van der Waals surface area contributed by atoms with E-state index in [1.807, 2.05) is 0 Å². The van der Waals surface area contributed by atoms with Crippen molar-refractivity contribution in [2.75, 3.05) is 20.2 Å². The third kappa shape index (κ3) is 2.80. The zero-order valence-electron chi connectivity index (χ0n) is 13.3. The maximum atomic E-state index is 12.6. The van der Waals surface area contributed by atoms with Gasteiger partial charge in [-0.2, -0.15) is 5.10 Å².